The third kappa shape index (κ3) is 2.32. The van der Waals surface area contributed by atoms with Crippen LogP contribution in [-0.4, -0.2) is 20.6 Å². The van der Waals surface area contributed by atoms with Crippen LogP contribution >= 0.6 is 0 Å². The lowest BCUT2D eigenvalue weighted by Gasteiger charge is -1.99. The van der Waals surface area contributed by atoms with Crippen LogP contribution in [0, 0.1) is 20.2 Å². The van der Waals surface area contributed by atoms with E-state index in [-0.39, 0.29) is 11.3 Å². The number of carbonyl (C=O) groups is 1. The monoisotopic (exact) mass is 261 g/mol. The fraction of sp³-hybridized carbons (Fsp3) is 0. The number of ketones is 1. The van der Waals surface area contributed by atoms with E-state index in [1.54, 1.807) is 6.07 Å². The lowest BCUT2D eigenvalue weighted by Crippen LogP contribution is -2.04. The van der Waals surface area contributed by atoms with Crippen molar-refractivity contribution in [3.63, 3.8) is 0 Å². The Bertz CT molecular complexity index is 663. The van der Waals surface area contributed by atoms with Crippen LogP contribution in [0.4, 0.5) is 11.4 Å². The average molecular weight is 261 g/mol. The molecule has 0 atom stereocenters. The van der Waals surface area contributed by atoms with Gasteiger partial charge in [0.05, 0.1) is 15.5 Å². The van der Waals surface area contributed by atoms with Gasteiger partial charge >= 0.3 is 11.4 Å². The quantitative estimate of drug-likeness (QED) is 0.513. The summed E-state index contributed by atoms with van der Waals surface area (Å²) in [6, 6.07) is 6.16. The first kappa shape index (κ1) is 12.4. The molecule has 0 bridgehead atoms. The van der Waals surface area contributed by atoms with Crippen molar-refractivity contribution in [2.24, 2.45) is 0 Å². The maximum Gasteiger partial charge on any atom is 0.346 e. The summed E-state index contributed by atoms with van der Waals surface area (Å²) < 4.78 is 0. The van der Waals surface area contributed by atoms with Crippen LogP contribution in [0.3, 0.4) is 0 Å². The lowest BCUT2D eigenvalue weighted by atomic mass is 10.1. The fourth-order valence-corrected chi connectivity index (χ4v) is 1.59. The van der Waals surface area contributed by atoms with Gasteiger partial charge in [0.15, 0.2) is 0 Å². The molecular weight excluding hydrogens is 254 g/mol. The van der Waals surface area contributed by atoms with Gasteiger partial charge in [0, 0.05) is 23.9 Å². The largest absolute Gasteiger partial charge is 0.359 e. The second kappa shape index (κ2) is 4.69. The molecule has 0 unspecified atom stereocenters. The number of nitrogens with zero attached hydrogens (tertiary/aromatic N) is 2. The normalized spacial score (nSPS) is 10.1. The third-order valence-electron chi connectivity index (χ3n) is 2.47. The van der Waals surface area contributed by atoms with E-state index in [1.165, 1.54) is 18.3 Å². The zero-order valence-corrected chi connectivity index (χ0v) is 9.40. The van der Waals surface area contributed by atoms with E-state index >= 15 is 0 Å². The van der Waals surface area contributed by atoms with Crippen molar-refractivity contribution in [3.05, 3.63) is 68.0 Å². The number of nitro groups is 2. The number of hydrogen-bond donors (Lipinski definition) is 1. The van der Waals surface area contributed by atoms with Gasteiger partial charge in [-0.05, 0) is 18.2 Å². The summed E-state index contributed by atoms with van der Waals surface area (Å²) in [5, 5.41) is 21.4. The van der Waals surface area contributed by atoms with Gasteiger partial charge in [-0.2, -0.15) is 0 Å². The number of hydrogen-bond acceptors (Lipinski definition) is 5. The number of aromatic amines is 1. The Hall–Kier alpha value is -3.03. The highest BCUT2D eigenvalue weighted by atomic mass is 16.6. The highest BCUT2D eigenvalue weighted by Crippen LogP contribution is 2.28. The Kier molecular flexibility index (Phi) is 3.06. The van der Waals surface area contributed by atoms with Crippen LogP contribution in [0.25, 0.3) is 0 Å². The molecule has 0 spiro atoms. The van der Waals surface area contributed by atoms with Crippen molar-refractivity contribution in [2.75, 3.05) is 0 Å². The minimum atomic E-state index is -0.885. The van der Waals surface area contributed by atoms with Crippen LogP contribution in [0.5, 0.6) is 0 Å². The first-order valence-electron chi connectivity index (χ1n) is 5.11. The second-order valence-electron chi connectivity index (χ2n) is 3.63. The summed E-state index contributed by atoms with van der Waals surface area (Å²) in [6.07, 6.45) is 1.53. The maximum absolute atomic E-state index is 11.9. The standard InChI is InChI=1S/C11H7N3O5/c15-11(8-2-1-5-12-8)7-3-4-9(13(16)17)10(6-7)14(18)19/h1-6,12H. The molecule has 19 heavy (non-hydrogen) atoms. The van der Waals surface area contributed by atoms with Crippen LogP contribution < -0.4 is 0 Å². The molecule has 8 nitrogen and oxygen atoms in total. The van der Waals surface area contributed by atoms with E-state index < -0.39 is 27.0 Å². The van der Waals surface area contributed by atoms with Gasteiger partial charge in [0.25, 0.3) is 0 Å². The topological polar surface area (TPSA) is 119 Å². The van der Waals surface area contributed by atoms with Crippen molar-refractivity contribution < 1.29 is 14.6 Å². The summed E-state index contributed by atoms with van der Waals surface area (Å²) in [5.74, 6) is -0.469. The fourth-order valence-electron chi connectivity index (χ4n) is 1.59. The first-order chi connectivity index (χ1) is 9.00. The Morgan fingerprint density at radius 1 is 1.05 bits per heavy atom. The molecule has 2 aromatic rings. The van der Waals surface area contributed by atoms with Crippen LogP contribution in [0.15, 0.2) is 36.5 Å². The zero-order valence-electron chi connectivity index (χ0n) is 9.40. The lowest BCUT2D eigenvalue weighted by molar-refractivity contribution is -0.422. The van der Waals surface area contributed by atoms with Crippen molar-refractivity contribution in [1.82, 2.24) is 4.98 Å². The van der Waals surface area contributed by atoms with Gasteiger partial charge in [-0.15, -0.1) is 0 Å². The summed E-state index contributed by atoms with van der Waals surface area (Å²) in [4.78, 5) is 34.3. The van der Waals surface area contributed by atoms with Gasteiger partial charge in [-0.25, -0.2) is 0 Å². The molecule has 1 N–H and O–H groups in total. The van der Waals surface area contributed by atoms with Gasteiger partial charge in [0.1, 0.15) is 0 Å². The summed E-state index contributed by atoms with van der Waals surface area (Å²) in [5.41, 5.74) is -1.08. The number of H-pyrrole nitrogens is 1. The molecule has 0 amide bonds. The zero-order chi connectivity index (χ0) is 14.0. The highest BCUT2D eigenvalue weighted by molar-refractivity contribution is 6.08. The highest BCUT2D eigenvalue weighted by Gasteiger charge is 2.26. The van der Waals surface area contributed by atoms with E-state index in [9.17, 15) is 25.0 Å². The molecule has 0 radical (unpaired) electrons. The number of benzene rings is 1. The minimum absolute atomic E-state index is 0.0137. The molecule has 96 valence electrons. The molecule has 0 saturated carbocycles. The van der Waals surface area contributed by atoms with E-state index in [0.717, 1.165) is 12.1 Å². The molecule has 0 saturated heterocycles. The molecule has 1 aromatic heterocycles. The molecule has 1 heterocycles. The molecule has 0 fully saturated rings. The van der Waals surface area contributed by atoms with E-state index in [0.29, 0.717) is 0 Å². The van der Waals surface area contributed by atoms with E-state index in [1.807, 2.05) is 0 Å². The molecule has 8 heteroatoms. The van der Waals surface area contributed by atoms with Crippen molar-refractivity contribution >= 4 is 17.2 Å². The van der Waals surface area contributed by atoms with E-state index in [2.05, 4.69) is 4.98 Å². The average Bonchev–Trinajstić information content (AvgIpc) is 2.90. The molecule has 1 aromatic carbocycles. The first-order valence-corrected chi connectivity index (χ1v) is 5.11. The predicted molar refractivity (Wildman–Crippen MR) is 64.0 cm³/mol. The molecule has 2 rings (SSSR count). The SMILES string of the molecule is O=C(c1ccc([N+](=O)[O-])c([N+](=O)[O-])c1)c1ccc[nH]1. The van der Waals surface area contributed by atoms with Gasteiger partial charge < -0.3 is 4.98 Å². The summed E-state index contributed by atoms with van der Waals surface area (Å²) in [6.45, 7) is 0. The van der Waals surface area contributed by atoms with Crippen molar-refractivity contribution in [1.29, 1.82) is 0 Å². The summed E-state index contributed by atoms with van der Waals surface area (Å²) in [7, 11) is 0. The number of nitrogens with one attached hydrogen (secondary N) is 1. The van der Waals surface area contributed by atoms with Crippen LogP contribution in [-0.2, 0) is 0 Å². The molecule has 0 aliphatic heterocycles. The maximum atomic E-state index is 11.9. The minimum Gasteiger partial charge on any atom is -0.359 e. The number of carbonyl (C=O) groups excluding carboxylic acids is 1. The summed E-state index contributed by atoms with van der Waals surface area (Å²) >= 11 is 0. The Labute approximate surface area is 106 Å². The van der Waals surface area contributed by atoms with Gasteiger partial charge in [-0.3, -0.25) is 25.0 Å². The Morgan fingerprint density at radius 3 is 2.26 bits per heavy atom. The third-order valence-corrected chi connectivity index (χ3v) is 2.47. The van der Waals surface area contributed by atoms with Crippen molar-refractivity contribution in [3.8, 4) is 0 Å². The van der Waals surface area contributed by atoms with Gasteiger partial charge in [-0.1, -0.05) is 0 Å². The molecule has 0 aliphatic rings. The van der Waals surface area contributed by atoms with Gasteiger partial charge in [0.2, 0.25) is 5.78 Å². The van der Waals surface area contributed by atoms with E-state index in [4.69, 9.17) is 0 Å². The molecular formula is C11H7N3O5. The number of nitro benzene ring substituents is 2. The number of rotatable bonds is 4. The predicted octanol–water partition coefficient (Wildman–Crippen LogP) is 2.06. The Balaban J connectivity index is 2.50. The van der Waals surface area contributed by atoms with Crippen LogP contribution in [0.1, 0.15) is 16.1 Å². The number of aromatic nitrogens is 1. The Morgan fingerprint density at radius 2 is 1.74 bits per heavy atom. The van der Waals surface area contributed by atoms with Crippen molar-refractivity contribution in [2.45, 2.75) is 0 Å². The smallest absolute Gasteiger partial charge is 0.346 e. The molecule has 0 aliphatic carbocycles. The second-order valence-corrected chi connectivity index (χ2v) is 3.63. The van der Waals surface area contributed by atoms with Crippen LogP contribution in [0.2, 0.25) is 0 Å².